The van der Waals surface area contributed by atoms with Gasteiger partial charge in [-0.1, -0.05) is 6.07 Å². The molecule has 0 bridgehead atoms. The van der Waals surface area contributed by atoms with Gasteiger partial charge in [-0.3, -0.25) is 4.98 Å². The summed E-state index contributed by atoms with van der Waals surface area (Å²) in [4.78, 5) is 3.78. The fraction of sp³-hybridized carbons (Fsp3) is 0. The monoisotopic (exact) mass is 169 g/mol. The maximum Gasteiger partial charge on any atom is 2.00 e. The number of hydrogen-bond donors (Lipinski definition) is 0. The van der Waals surface area contributed by atoms with E-state index in [1.165, 1.54) is 0 Å². The number of pyridine rings is 1. The molecular weight excluding hydrogens is 164 g/mol. The van der Waals surface area contributed by atoms with Gasteiger partial charge in [0.25, 0.3) is 0 Å². The molecule has 0 atom stereocenters. The van der Waals surface area contributed by atoms with Gasteiger partial charge in [-0.05, 0) is 12.1 Å². The SMILES string of the molecule is [Cl-].[Mn+2].c1ccncc1. The van der Waals surface area contributed by atoms with E-state index in [2.05, 4.69) is 4.98 Å². The van der Waals surface area contributed by atoms with Gasteiger partial charge in [-0.25, -0.2) is 0 Å². The molecule has 1 rings (SSSR count). The van der Waals surface area contributed by atoms with E-state index < -0.39 is 0 Å². The van der Waals surface area contributed by atoms with Crippen LogP contribution in [0.5, 0.6) is 0 Å². The Bertz CT molecular complexity index is 84.4. The molecule has 0 amide bonds. The molecule has 0 saturated carbocycles. The molecule has 0 saturated heterocycles. The van der Waals surface area contributed by atoms with Crippen LogP contribution in [0.2, 0.25) is 0 Å². The predicted molar refractivity (Wildman–Crippen MR) is 24.2 cm³/mol. The van der Waals surface area contributed by atoms with Crippen molar-refractivity contribution < 1.29 is 29.5 Å². The van der Waals surface area contributed by atoms with Crippen molar-refractivity contribution in [3.63, 3.8) is 0 Å². The second-order valence-corrected chi connectivity index (χ2v) is 1.02. The summed E-state index contributed by atoms with van der Waals surface area (Å²) in [5, 5.41) is 0. The van der Waals surface area contributed by atoms with Gasteiger partial charge in [0.1, 0.15) is 0 Å². The summed E-state index contributed by atoms with van der Waals surface area (Å²) in [7, 11) is 0. The minimum atomic E-state index is 0. The van der Waals surface area contributed by atoms with Crippen molar-refractivity contribution in [1.82, 2.24) is 4.98 Å². The van der Waals surface area contributed by atoms with Crippen LogP contribution in [0, 0.1) is 0 Å². The maximum absolute atomic E-state index is 3.78. The Morgan fingerprint density at radius 3 is 1.50 bits per heavy atom. The zero-order chi connectivity index (χ0) is 4.24. The molecule has 1 aromatic heterocycles. The molecule has 0 N–H and O–H groups in total. The molecule has 3 heteroatoms. The number of aromatic nitrogens is 1. The van der Waals surface area contributed by atoms with E-state index in [-0.39, 0.29) is 29.5 Å². The first-order chi connectivity index (χ1) is 3.00. The van der Waals surface area contributed by atoms with Crippen LogP contribution in [0.1, 0.15) is 0 Å². The van der Waals surface area contributed by atoms with Crippen LogP contribution in [0.15, 0.2) is 30.6 Å². The molecule has 1 nitrogen and oxygen atoms in total. The summed E-state index contributed by atoms with van der Waals surface area (Å²) in [6, 6.07) is 5.72. The third kappa shape index (κ3) is 4.13. The first-order valence-corrected chi connectivity index (χ1v) is 1.85. The van der Waals surface area contributed by atoms with E-state index in [9.17, 15) is 0 Å². The van der Waals surface area contributed by atoms with Crippen molar-refractivity contribution in [3.8, 4) is 0 Å². The third-order valence-electron chi connectivity index (χ3n) is 0.566. The topological polar surface area (TPSA) is 12.9 Å². The molecule has 1 radical (unpaired) electrons. The zero-order valence-corrected chi connectivity index (χ0v) is 6.03. The second-order valence-electron chi connectivity index (χ2n) is 1.02. The third-order valence-corrected chi connectivity index (χ3v) is 0.566. The van der Waals surface area contributed by atoms with Crippen LogP contribution in [0.4, 0.5) is 0 Å². The predicted octanol–water partition coefficient (Wildman–Crippen LogP) is -1.92. The summed E-state index contributed by atoms with van der Waals surface area (Å²) in [6.45, 7) is 0. The molecule has 0 spiro atoms. The summed E-state index contributed by atoms with van der Waals surface area (Å²) < 4.78 is 0. The van der Waals surface area contributed by atoms with Crippen LogP contribution in [0.3, 0.4) is 0 Å². The largest absolute Gasteiger partial charge is 2.00 e. The summed E-state index contributed by atoms with van der Waals surface area (Å²) >= 11 is 0. The Morgan fingerprint density at radius 1 is 0.875 bits per heavy atom. The van der Waals surface area contributed by atoms with Crippen LogP contribution in [-0.2, 0) is 17.1 Å². The van der Waals surface area contributed by atoms with Gasteiger partial charge in [-0.15, -0.1) is 0 Å². The molecule has 0 aliphatic rings. The summed E-state index contributed by atoms with van der Waals surface area (Å²) in [5.41, 5.74) is 0. The minimum Gasteiger partial charge on any atom is -1.00 e. The van der Waals surface area contributed by atoms with Crippen molar-refractivity contribution in [2.75, 3.05) is 0 Å². The van der Waals surface area contributed by atoms with Crippen LogP contribution in [0.25, 0.3) is 0 Å². The van der Waals surface area contributed by atoms with E-state index in [0.29, 0.717) is 0 Å². The Kier molecular flexibility index (Phi) is 9.44. The van der Waals surface area contributed by atoms with Gasteiger partial charge < -0.3 is 12.4 Å². The molecule has 43 valence electrons. The Morgan fingerprint density at radius 2 is 1.38 bits per heavy atom. The van der Waals surface area contributed by atoms with E-state index in [0.717, 1.165) is 0 Å². The minimum absolute atomic E-state index is 0. The van der Waals surface area contributed by atoms with Crippen molar-refractivity contribution in [3.05, 3.63) is 30.6 Å². The average molecular weight is 169 g/mol. The standard InChI is InChI=1S/C5H5N.ClH.Mn/c1-2-4-6-5-3-1;;/h1-5H;1H;/q;;+2/p-1. The molecule has 0 fully saturated rings. The van der Waals surface area contributed by atoms with Crippen LogP contribution >= 0.6 is 0 Å². The van der Waals surface area contributed by atoms with Crippen LogP contribution in [-0.4, -0.2) is 4.98 Å². The fourth-order valence-electron chi connectivity index (χ4n) is 0.313. The normalized spacial score (nSPS) is 6.00. The van der Waals surface area contributed by atoms with Gasteiger partial charge in [0.2, 0.25) is 0 Å². The first-order valence-electron chi connectivity index (χ1n) is 1.85. The van der Waals surface area contributed by atoms with Gasteiger partial charge >= 0.3 is 17.1 Å². The van der Waals surface area contributed by atoms with Crippen molar-refractivity contribution in [1.29, 1.82) is 0 Å². The smallest absolute Gasteiger partial charge is 1.00 e. The second kappa shape index (κ2) is 6.96. The van der Waals surface area contributed by atoms with Gasteiger partial charge in [0.05, 0.1) is 0 Å². The van der Waals surface area contributed by atoms with E-state index in [4.69, 9.17) is 0 Å². The summed E-state index contributed by atoms with van der Waals surface area (Å²) in [5.74, 6) is 0. The van der Waals surface area contributed by atoms with Crippen LogP contribution < -0.4 is 12.4 Å². The zero-order valence-electron chi connectivity index (χ0n) is 4.09. The molecule has 8 heavy (non-hydrogen) atoms. The number of rotatable bonds is 0. The van der Waals surface area contributed by atoms with E-state index >= 15 is 0 Å². The first kappa shape index (κ1) is 10.9. The average Bonchev–Trinajstić information content (AvgIpc) is 1.72. The Labute approximate surface area is 65.4 Å². The fourth-order valence-corrected chi connectivity index (χ4v) is 0.313. The number of halogens is 1. The molecule has 0 aliphatic carbocycles. The molecule has 0 aliphatic heterocycles. The van der Waals surface area contributed by atoms with E-state index in [1.54, 1.807) is 12.4 Å². The maximum atomic E-state index is 3.78. The number of nitrogens with zero attached hydrogens (tertiary/aromatic N) is 1. The Hall–Kier alpha value is -0.0405. The molecule has 1 aromatic rings. The molecular formula is C5H5ClMnN+. The molecule has 1 heterocycles. The van der Waals surface area contributed by atoms with Crippen molar-refractivity contribution in [2.24, 2.45) is 0 Å². The number of hydrogen-bond acceptors (Lipinski definition) is 1. The van der Waals surface area contributed by atoms with Gasteiger partial charge in [0, 0.05) is 12.4 Å². The van der Waals surface area contributed by atoms with E-state index in [1.807, 2.05) is 18.2 Å². The van der Waals surface area contributed by atoms with Crippen molar-refractivity contribution in [2.45, 2.75) is 0 Å². The Balaban J connectivity index is 0. The van der Waals surface area contributed by atoms with Gasteiger partial charge in [-0.2, -0.15) is 0 Å². The molecule has 0 unspecified atom stereocenters. The van der Waals surface area contributed by atoms with Gasteiger partial charge in [0.15, 0.2) is 0 Å². The molecule has 0 aromatic carbocycles. The van der Waals surface area contributed by atoms with Crippen molar-refractivity contribution >= 4 is 0 Å². The quantitative estimate of drug-likeness (QED) is 0.413. The summed E-state index contributed by atoms with van der Waals surface area (Å²) in [6.07, 6.45) is 3.50.